The van der Waals surface area contributed by atoms with Crippen molar-refractivity contribution in [3.8, 4) is 0 Å². The van der Waals surface area contributed by atoms with Crippen LogP contribution in [0.1, 0.15) is 77.4 Å². The number of hydrogen-bond acceptors (Lipinski definition) is 5. The third-order valence-electron chi connectivity index (χ3n) is 6.50. The van der Waals surface area contributed by atoms with E-state index < -0.39 is 23.6 Å². The van der Waals surface area contributed by atoms with Crippen LogP contribution in [0.25, 0.3) is 0 Å². The van der Waals surface area contributed by atoms with Crippen molar-refractivity contribution >= 4 is 29.4 Å². The van der Waals surface area contributed by atoms with Gasteiger partial charge in [-0.1, -0.05) is 57.2 Å². The van der Waals surface area contributed by atoms with Crippen LogP contribution in [0.4, 0.5) is 0 Å². The SMILES string of the molecule is CC(C)(C)c1ccc(C(=O)C(=O)NCc2ccc3c(c2)CN([C@H]2CCCC(=O)NC2=O)C3=O)cc1. The highest BCUT2D eigenvalue weighted by atomic mass is 16.2. The van der Waals surface area contributed by atoms with Crippen molar-refractivity contribution in [1.29, 1.82) is 0 Å². The molecule has 1 atom stereocenters. The van der Waals surface area contributed by atoms with E-state index in [1.54, 1.807) is 30.3 Å². The Hall–Kier alpha value is -3.81. The zero-order valence-electron chi connectivity index (χ0n) is 20.1. The van der Waals surface area contributed by atoms with Gasteiger partial charge in [-0.25, -0.2) is 0 Å². The maximum atomic E-state index is 12.9. The Bertz CT molecular complexity index is 1210. The van der Waals surface area contributed by atoms with Crippen LogP contribution >= 0.6 is 0 Å². The fourth-order valence-corrected chi connectivity index (χ4v) is 4.44. The van der Waals surface area contributed by atoms with E-state index in [0.29, 0.717) is 24.0 Å². The second-order valence-corrected chi connectivity index (χ2v) is 10.1. The quantitative estimate of drug-likeness (QED) is 0.392. The molecule has 2 aliphatic heterocycles. The number of Topliss-reactive ketones (excluding diaryl/α,β-unsaturated/α-hetero) is 1. The van der Waals surface area contributed by atoms with Gasteiger partial charge in [0.2, 0.25) is 17.6 Å². The molecule has 1 saturated heterocycles. The van der Waals surface area contributed by atoms with Gasteiger partial charge in [-0.3, -0.25) is 29.3 Å². The number of rotatable bonds is 5. The lowest BCUT2D eigenvalue weighted by molar-refractivity contribution is -0.132. The molecule has 8 heteroatoms. The number of nitrogens with one attached hydrogen (secondary N) is 2. The van der Waals surface area contributed by atoms with E-state index in [2.05, 4.69) is 31.4 Å². The molecule has 35 heavy (non-hydrogen) atoms. The Morgan fingerprint density at radius 2 is 1.77 bits per heavy atom. The Kier molecular flexibility index (Phi) is 6.56. The number of imide groups is 1. The number of benzene rings is 2. The van der Waals surface area contributed by atoms with Crippen LogP contribution < -0.4 is 10.6 Å². The third kappa shape index (κ3) is 5.16. The van der Waals surface area contributed by atoms with Crippen LogP contribution in [0.15, 0.2) is 42.5 Å². The molecule has 0 radical (unpaired) electrons. The lowest BCUT2D eigenvalue weighted by Gasteiger charge is -2.24. The second kappa shape index (κ2) is 9.44. The first kappa shape index (κ1) is 24.3. The fraction of sp³-hybridized carbons (Fsp3) is 0.370. The van der Waals surface area contributed by atoms with Gasteiger partial charge >= 0.3 is 0 Å². The maximum Gasteiger partial charge on any atom is 0.292 e. The summed E-state index contributed by atoms with van der Waals surface area (Å²) in [7, 11) is 0. The van der Waals surface area contributed by atoms with E-state index >= 15 is 0 Å². The average molecular weight is 476 g/mol. The predicted molar refractivity (Wildman–Crippen MR) is 128 cm³/mol. The van der Waals surface area contributed by atoms with E-state index in [0.717, 1.165) is 16.7 Å². The minimum absolute atomic E-state index is 0.0498. The molecule has 182 valence electrons. The number of amides is 4. The lowest BCUT2D eigenvalue weighted by Crippen LogP contribution is -2.46. The van der Waals surface area contributed by atoms with Gasteiger partial charge in [0.05, 0.1) is 0 Å². The molecule has 2 aromatic carbocycles. The molecule has 0 unspecified atom stereocenters. The van der Waals surface area contributed by atoms with Gasteiger partial charge in [0.1, 0.15) is 6.04 Å². The zero-order chi connectivity index (χ0) is 25.3. The van der Waals surface area contributed by atoms with E-state index in [9.17, 15) is 24.0 Å². The first-order chi connectivity index (χ1) is 16.5. The number of carbonyl (C=O) groups is 5. The number of fused-ring (bicyclic) bond motifs is 1. The highest BCUT2D eigenvalue weighted by Gasteiger charge is 2.37. The average Bonchev–Trinajstić information content (AvgIpc) is 3.03. The largest absolute Gasteiger partial charge is 0.345 e. The molecule has 4 rings (SSSR count). The topological polar surface area (TPSA) is 113 Å². The van der Waals surface area contributed by atoms with Crippen LogP contribution in [-0.2, 0) is 32.9 Å². The van der Waals surface area contributed by atoms with Crippen molar-refractivity contribution in [2.24, 2.45) is 0 Å². The van der Waals surface area contributed by atoms with Gasteiger partial charge in [0, 0.05) is 30.6 Å². The summed E-state index contributed by atoms with van der Waals surface area (Å²) < 4.78 is 0. The molecule has 2 heterocycles. The van der Waals surface area contributed by atoms with Crippen molar-refractivity contribution in [2.75, 3.05) is 0 Å². The van der Waals surface area contributed by atoms with E-state index in [4.69, 9.17) is 0 Å². The van der Waals surface area contributed by atoms with Gasteiger partial charge in [-0.2, -0.15) is 0 Å². The third-order valence-corrected chi connectivity index (χ3v) is 6.50. The molecule has 2 aliphatic rings. The van der Waals surface area contributed by atoms with Crippen molar-refractivity contribution < 1.29 is 24.0 Å². The molecule has 4 amide bonds. The van der Waals surface area contributed by atoms with Crippen molar-refractivity contribution in [3.05, 3.63) is 70.3 Å². The van der Waals surface area contributed by atoms with Crippen LogP contribution in [0.5, 0.6) is 0 Å². The molecule has 2 aromatic rings. The first-order valence-corrected chi connectivity index (χ1v) is 11.7. The normalized spacial score (nSPS) is 18.1. The Balaban J connectivity index is 1.39. The molecule has 8 nitrogen and oxygen atoms in total. The molecule has 0 aromatic heterocycles. The zero-order valence-corrected chi connectivity index (χ0v) is 20.1. The highest BCUT2D eigenvalue weighted by Crippen LogP contribution is 2.28. The monoisotopic (exact) mass is 475 g/mol. The summed E-state index contributed by atoms with van der Waals surface area (Å²) >= 11 is 0. The van der Waals surface area contributed by atoms with Crippen LogP contribution in [-0.4, -0.2) is 40.4 Å². The number of carbonyl (C=O) groups excluding carboxylic acids is 5. The van der Waals surface area contributed by atoms with Crippen molar-refractivity contribution in [2.45, 2.75) is 64.6 Å². The van der Waals surface area contributed by atoms with Crippen LogP contribution in [0.2, 0.25) is 0 Å². The fourth-order valence-electron chi connectivity index (χ4n) is 4.44. The van der Waals surface area contributed by atoms with Gasteiger partial charge in [0.25, 0.3) is 11.8 Å². The summed E-state index contributed by atoms with van der Waals surface area (Å²) in [4.78, 5) is 63.4. The first-order valence-electron chi connectivity index (χ1n) is 11.7. The lowest BCUT2D eigenvalue weighted by atomic mass is 9.86. The summed E-state index contributed by atoms with van der Waals surface area (Å²) in [6.45, 7) is 6.61. The summed E-state index contributed by atoms with van der Waals surface area (Å²) in [5, 5.41) is 4.99. The Morgan fingerprint density at radius 1 is 1.06 bits per heavy atom. The van der Waals surface area contributed by atoms with Crippen molar-refractivity contribution in [3.63, 3.8) is 0 Å². The van der Waals surface area contributed by atoms with Gasteiger partial charge in [-0.05, 0) is 41.0 Å². The van der Waals surface area contributed by atoms with Gasteiger partial charge in [-0.15, -0.1) is 0 Å². The maximum absolute atomic E-state index is 12.9. The Labute approximate surface area is 204 Å². The molecule has 0 aliphatic carbocycles. The van der Waals surface area contributed by atoms with Crippen molar-refractivity contribution in [1.82, 2.24) is 15.5 Å². The molecule has 0 spiro atoms. The smallest absolute Gasteiger partial charge is 0.292 e. The van der Waals surface area contributed by atoms with E-state index in [1.807, 2.05) is 12.1 Å². The molecule has 1 fully saturated rings. The highest BCUT2D eigenvalue weighted by molar-refractivity contribution is 6.42. The molecule has 0 bridgehead atoms. The van der Waals surface area contributed by atoms with E-state index in [-0.39, 0.29) is 36.7 Å². The molecular weight excluding hydrogens is 446 g/mol. The molecular formula is C27H29N3O5. The number of nitrogens with zero attached hydrogens (tertiary/aromatic N) is 1. The van der Waals surface area contributed by atoms with Gasteiger partial charge < -0.3 is 10.2 Å². The van der Waals surface area contributed by atoms with Crippen LogP contribution in [0, 0.1) is 0 Å². The summed E-state index contributed by atoms with van der Waals surface area (Å²) in [6, 6.07) is 11.5. The second-order valence-electron chi connectivity index (χ2n) is 10.1. The summed E-state index contributed by atoms with van der Waals surface area (Å²) in [5.74, 6) is -2.33. The van der Waals surface area contributed by atoms with Crippen LogP contribution in [0.3, 0.4) is 0 Å². The minimum Gasteiger partial charge on any atom is -0.345 e. The Morgan fingerprint density at radius 3 is 2.46 bits per heavy atom. The molecule has 2 N–H and O–H groups in total. The van der Waals surface area contributed by atoms with Gasteiger partial charge in [0.15, 0.2) is 0 Å². The number of hydrogen-bond donors (Lipinski definition) is 2. The standard InChI is InChI=1S/C27H29N3O5/c1-27(2,3)19-10-8-17(9-11-19)23(32)25(34)28-14-16-7-12-20-18(13-16)15-30(26(20)35)21-5-4-6-22(31)29-24(21)33/h7-13,21H,4-6,14-15H2,1-3H3,(H,28,34)(H,29,31,33)/t21-/m0/s1. The minimum atomic E-state index is -0.702. The van der Waals surface area contributed by atoms with E-state index in [1.165, 1.54) is 4.90 Å². The summed E-state index contributed by atoms with van der Waals surface area (Å²) in [6.07, 6.45) is 1.23. The summed E-state index contributed by atoms with van der Waals surface area (Å²) in [5.41, 5.74) is 3.33. The predicted octanol–water partition coefficient (Wildman–Crippen LogP) is 2.63. The number of ketones is 1. The molecule has 0 saturated carbocycles.